The molecule has 168 valence electrons. The van der Waals surface area contributed by atoms with Gasteiger partial charge in [0, 0.05) is 43.8 Å². The number of benzene rings is 6. The third-order valence-corrected chi connectivity index (χ3v) is 7.42. The largest absolute Gasteiger partial charge is 0.455 e. The fraction of sp³-hybridized carbons (Fsp3) is 0. The molecular formula is C34H21NO. The summed E-state index contributed by atoms with van der Waals surface area (Å²) in [6.07, 6.45) is 0. The van der Waals surface area contributed by atoms with Crippen LogP contribution in [-0.2, 0) is 0 Å². The third-order valence-electron chi connectivity index (χ3n) is 7.42. The monoisotopic (exact) mass is 459 g/mol. The highest BCUT2D eigenvalue weighted by atomic mass is 16.3. The predicted octanol–water partition coefficient (Wildman–Crippen LogP) is 9.71. The van der Waals surface area contributed by atoms with Crippen molar-refractivity contribution in [2.45, 2.75) is 0 Å². The molecule has 2 heteroatoms. The van der Waals surface area contributed by atoms with Crippen molar-refractivity contribution < 1.29 is 4.42 Å². The van der Waals surface area contributed by atoms with E-state index in [1.165, 1.54) is 21.5 Å². The molecular weight excluding hydrogens is 438 g/mol. The Morgan fingerprint density at radius 1 is 0.444 bits per heavy atom. The van der Waals surface area contributed by atoms with E-state index < -0.39 is 0 Å². The lowest BCUT2D eigenvalue weighted by atomic mass is 9.98. The van der Waals surface area contributed by atoms with E-state index in [-0.39, 0.29) is 0 Å². The Morgan fingerprint density at radius 3 is 1.92 bits per heavy atom. The predicted molar refractivity (Wildman–Crippen MR) is 151 cm³/mol. The summed E-state index contributed by atoms with van der Waals surface area (Å²) in [5.74, 6) is 0. The molecule has 36 heavy (non-hydrogen) atoms. The molecule has 0 saturated heterocycles. The smallest absolute Gasteiger partial charge is 0.143 e. The van der Waals surface area contributed by atoms with Gasteiger partial charge >= 0.3 is 0 Å². The number of H-pyrrole nitrogens is 1. The van der Waals surface area contributed by atoms with Gasteiger partial charge < -0.3 is 9.40 Å². The minimum atomic E-state index is 0.923. The number of aromatic amines is 1. The summed E-state index contributed by atoms with van der Waals surface area (Å²) in [7, 11) is 0. The molecule has 0 amide bonds. The van der Waals surface area contributed by atoms with Gasteiger partial charge in [-0.25, -0.2) is 0 Å². The lowest BCUT2D eigenvalue weighted by Gasteiger charge is -2.05. The number of rotatable bonds is 2. The van der Waals surface area contributed by atoms with Crippen molar-refractivity contribution >= 4 is 54.5 Å². The van der Waals surface area contributed by atoms with Crippen LogP contribution in [0.3, 0.4) is 0 Å². The molecule has 0 atom stereocenters. The van der Waals surface area contributed by atoms with Crippen molar-refractivity contribution in [1.82, 2.24) is 4.98 Å². The van der Waals surface area contributed by atoms with E-state index in [1.807, 2.05) is 6.07 Å². The van der Waals surface area contributed by atoms with Crippen molar-refractivity contribution in [2.75, 3.05) is 0 Å². The summed E-state index contributed by atoms with van der Waals surface area (Å²) in [4.78, 5) is 3.73. The number of furan rings is 1. The Kier molecular flexibility index (Phi) is 3.97. The molecule has 0 unspecified atom stereocenters. The van der Waals surface area contributed by atoms with E-state index >= 15 is 0 Å². The number of para-hydroxylation sites is 3. The number of fused-ring (bicyclic) bond motifs is 8. The van der Waals surface area contributed by atoms with Crippen LogP contribution < -0.4 is 0 Å². The molecule has 2 nitrogen and oxygen atoms in total. The molecule has 8 aromatic rings. The first-order chi connectivity index (χ1) is 17.9. The van der Waals surface area contributed by atoms with Crippen molar-refractivity contribution in [2.24, 2.45) is 0 Å². The first kappa shape index (κ1) is 19.5. The van der Waals surface area contributed by atoms with E-state index in [9.17, 15) is 0 Å². The number of hydrogen-bond donors (Lipinski definition) is 1. The van der Waals surface area contributed by atoms with Crippen molar-refractivity contribution in [3.05, 3.63) is 121 Å². The fourth-order valence-corrected chi connectivity index (χ4v) is 5.80. The molecule has 0 aliphatic heterocycles. The summed E-state index contributed by atoms with van der Waals surface area (Å²) in [5, 5.41) is 7.31. The van der Waals surface area contributed by atoms with Gasteiger partial charge in [0.25, 0.3) is 0 Å². The molecule has 2 aromatic heterocycles. The first-order valence-electron chi connectivity index (χ1n) is 12.3. The Hall–Kier alpha value is -4.82. The van der Waals surface area contributed by atoms with E-state index in [1.54, 1.807) is 0 Å². The fourth-order valence-electron chi connectivity index (χ4n) is 5.80. The van der Waals surface area contributed by atoms with Gasteiger partial charge in [0.05, 0.1) is 5.52 Å². The average Bonchev–Trinajstić information content (AvgIpc) is 3.52. The van der Waals surface area contributed by atoms with Gasteiger partial charge in [0.1, 0.15) is 11.2 Å². The Labute approximate surface area is 207 Å². The number of hydrogen-bond acceptors (Lipinski definition) is 1. The van der Waals surface area contributed by atoms with E-state index in [2.05, 4.69) is 120 Å². The highest BCUT2D eigenvalue weighted by Gasteiger charge is 2.18. The van der Waals surface area contributed by atoms with Crippen LogP contribution >= 0.6 is 0 Å². The zero-order valence-corrected chi connectivity index (χ0v) is 19.5. The van der Waals surface area contributed by atoms with Crippen molar-refractivity contribution in [3.8, 4) is 22.3 Å². The van der Waals surface area contributed by atoms with Gasteiger partial charge in [-0.05, 0) is 22.4 Å². The summed E-state index contributed by atoms with van der Waals surface area (Å²) in [5.41, 5.74) is 8.67. The molecule has 8 rings (SSSR count). The lowest BCUT2D eigenvalue weighted by Crippen LogP contribution is -1.81. The van der Waals surface area contributed by atoms with Crippen LogP contribution in [0.25, 0.3) is 76.8 Å². The highest BCUT2D eigenvalue weighted by molar-refractivity contribution is 6.23. The third kappa shape index (κ3) is 2.67. The standard InChI is InChI=1S/C34H21NO/c1-2-9-21(10-3-1)24-13-6-16-27-28-17-8-15-26(34(28)36-33(24)27)25-14-7-18-29-31-23-12-5-4-11-22(23)19-20-30(31)35-32(25)29/h1-20,35H. The molecule has 0 radical (unpaired) electrons. The molecule has 6 aromatic carbocycles. The van der Waals surface area contributed by atoms with Crippen molar-refractivity contribution in [3.63, 3.8) is 0 Å². The maximum atomic E-state index is 6.70. The molecule has 1 N–H and O–H groups in total. The SMILES string of the molecule is c1ccc(-c2cccc3c2oc2c(-c4cccc5c4[nH]c4ccc6ccccc6c45)cccc23)cc1. The summed E-state index contributed by atoms with van der Waals surface area (Å²) in [6.45, 7) is 0. The Morgan fingerprint density at radius 2 is 1.08 bits per heavy atom. The molecule has 0 bridgehead atoms. The minimum absolute atomic E-state index is 0.923. The second kappa shape index (κ2) is 7.34. The molecule has 2 heterocycles. The van der Waals surface area contributed by atoms with Gasteiger partial charge in [0.15, 0.2) is 0 Å². The zero-order valence-electron chi connectivity index (χ0n) is 19.5. The maximum absolute atomic E-state index is 6.70. The van der Waals surface area contributed by atoms with E-state index in [0.29, 0.717) is 0 Å². The van der Waals surface area contributed by atoms with Crippen LogP contribution in [0.1, 0.15) is 0 Å². The Balaban J connectivity index is 1.45. The molecule has 0 fully saturated rings. The summed E-state index contributed by atoms with van der Waals surface area (Å²) < 4.78 is 6.70. The second-order valence-electron chi connectivity index (χ2n) is 9.39. The van der Waals surface area contributed by atoms with Crippen LogP contribution in [0.2, 0.25) is 0 Å². The van der Waals surface area contributed by atoms with E-state index in [4.69, 9.17) is 4.42 Å². The van der Waals surface area contributed by atoms with Crippen LogP contribution in [-0.4, -0.2) is 4.98 Å². The first-order valence-corrected chi connectivity index (χ1v) is 12.3. The van der Waals surface area contributed by atoms with Crippen LogP contribution in [0.4, 0.5) is 0 Å². The van der Waals surface area contributed by atoms with Crippen LogP contribution in [0, 0.1) is 0 Å². The molecule has 0 saturated carbocycles. The molecule has 0 spiro atoms. The lowest BCUT2D eigenvalue weighted by molar-refractivity contribution is 0.671. The van der Waals surface area contributed by atoms with Gasteiger partial charge in [0.2, 0.25) is 0 Å². The van der Waals surface area contributed by atoms with E-state index in [0.717, 1.165) is 55.2 Å². The molecule has 0 aliphatic rings. The van der Waals surface area contributed by atoms with Gasteiger partial charge in [-0.2, -0.15) is 0 Å². The Bertz CT molecular complexity index is 2090. The van der Waals surface area contributed by atoms with Crippen LogP contribution in [0.5, 0.6) is 0 Å². The zero-order chi connectivity index (χ0) is 23.6. The summed E-state index contributed by atoms with van der Waals surface area (Å²) in [6, 6.07) is 42.9. The normalized spacial score (nSPS) is 11.9. The van der Waals surface area contributed by atoms with Gasteiger partial charge in [-0.3, -0.25) is 0 Å². The number of aromatic nitrogens is 1. The quantitative estimate of drug-likeness (QED) is 0.274. The van der Waals surface area contributed by atoms with Crippen LogP contribution in [0.15, 0.2) is 126 Å². The second-order valence-corrected chi connectivity index (χ2v) is 9.39. The summed E-state index contributed by atoms with van der Waals surface area (Å²) >= 11 is 0. The maximum Gasteiger partial charge on any atom is 0.143 e. The minimum Gasteiger partial charge on any atom is -0.455 e. The molecule has 0 aliphatic carbocycles. The number of nitrogens with one attached hydrogen (secondary N) is 1. The topological polar surface area (TPSA) is 28.9 Å². The average molecular weight is 460 g/mol. The van der Waals surface area contributed by atoms with Gasteiger partial charge in [-0.15, -0.1) is 0 Å². The van der Waals surface area contributed by atoms with Crippen molar-refractivity contribution in [1.29, 1.82) is 0 Å². The van der Waals surface area contributed by atoms with Gasteiger partial charge in [-0.1, -0.05) is 115 Å². The highest BCUT2D eigenvalue weighted by Crippen LogP contribution is 2.42.